The number of carboxylic acid groups (broad SMARTS) is 1. The van der Waals surface area contributed by atoms with E-state index in [1.165, 1.54) is 38.5 Å². The van der Waals surface area contributed by atoms with E-state index in [2.05, 4.69) is 55.5 Å². The van der Waals surface area contributed by atoms with Gasteiger partial charge in [0.15, 0.2) is 0 Å². The predicted octanol–water partition coefficient (Wildman–Crippen LogP) is 7.34. The summed E-state index contributed by atoms with van der Waals surface area (Å²) in [5, 5.41) is 8.54. The van der Waals surface area contributed by atoms with Crippen molar-refractivity contribution in [1.82, 2.24) is 0 Å². The maximum absolute atomic E-state index is 10.4. The minimum absolute atomic E-state index is 0.280. The Balaban J connectivity index is 3.34. The highest BCUT2D eigenvalue weighted by Crippen LogP contribution is 2.08. The molecule has 0 aromatic carbocycles. The third-order valence-corrected chi connectivity index (χ3v) is 4.90. The Morgan fingerprint density at radius 2 is 1.23 bits per heavy atom. The van der Waals surface area contributed by atoms with Crippen molar-refractivity contribution in [3.05, 3.63) is 48.6 Å². The van der Waals surface area contributed by atoms with Gasteiger partial charge in [-0.15, -0.1) is 0 Å². The van der Waals surface area contributed by atoms with Gasteiger partial charge < -0.3 is 5.11 Å². The Kier molecular flexibility index (Phi) is 20.8. The minimum Gasteiger partial charge on any atom is -0.481 e. The monoisotopic (exact) mass is 378 g/mol. The molecule has 1 N–H and O–H groups in total. The molecule has 0 rings (SSSR count). The summed E-state index contributed by atoms with van der Waals surface area (Å²) in [4.78, 5) is 10.4. The van der Waals surface area contributed by atoms with Crippen molar-refractivity contribution in [1.29, 1.82) is 0 Å². The molecular formula is C23H38O2S. The molecule has 0 saturated heterocycles. The van der Waals surface area contributed by atoms with Gasteiger partial charge in [0.25, 0.3) is 0 Å². The summed E-state index contributed by atoms with van der Waals surface area (Å²) < 4.78 is 0. The van der Waals surface area contributed by atoms with Crippen molar-refractivity contribution in [2.24, 2.45) is 0 Å². The summed E-state index contributed by atoms with van der Waals surface area (Å²) in [7, 11) is 0. The first kappa shape index (κ1) is 24.8. The Labute approximate surface area is 165 Å². The first-order valence-electron chi connectivity index (χ1n) is 10.2. The predicted molar refractivity (Wildman–Crippen MR) is 118 cm³/mol. The van der Waals surface area contributed by atoms with Gasteiger partial charge in [0.2, 0.25) is 0 Å². The molecule has 0 amide bonds. The molecule has 0 heterocycles. The molecule has 26 heavy (non-hydrogen) atoms. The highest BCUT2D eigenvalue weighted by atomic mass is 32.2. The molecule has 0 aliphatic carbocycles. The quantitative estimate of drug-likeness (QED) is 0.200. The number of thioether (sulfide) groups is 1. The van der Waals surface area contributed by atoms with Crippen molar-refractivity contribution < 1.29 is 9.90 Å². The molecular weight excluding hydrogens is 340 g/mol. The molecule has 0 atom stereocenters. The zero-order valence-electron chi connectivity index (χ0n) is 16.6. The van der Waals surface area contributed by atoms with Gasteiger partial charge in [-0.2, -0.15) is 11.8 Å². The standard InChI is InChI=1S/C23H38O2S/c1-2-3-4-5-6-7-8-9-10-11-12-13-14-15-16-17-18-19-21-26-22-20-23(24)25/h6-7,9-10,12-13,15-16H,2-5,8,11,14,17-22H2,1H3,(H,24,25)/b7-6+,10-9+,13-12+,16-15+. The molecule has 148 valence electrons. The Bertz CT molecular complexity index is 422. The molecule has 2 nitrogen and oxygen atoms in total. The summed E-state index contributed by atoms with van der Waals surface area (Å²) in [6.45, 7) is 2.24. The maximum atomic E-state index is 10.4. The van der Waals surface area contributed by atoms with E-state index in [1.807, 2.05) is 0 Å². The molecule has 3 heteroatoms. The number of unbranched alkanes of at least 4 members (excludes halogenated alkanes) is 5. The number of hydrogen-bond donors (Lipinski definition) is 1. The van der Waals surface area contributed by atoms with Gasteiger partial charge in [-0.05, 0) is 57.1 Å². The highest BCUT2D eigenvalue weighted by Gasteiger charge is 1.95. The topological polar surface area (TPSA) is 37.3 Å². The molecule has 0 unspecified atom stereocenters. The lowest BCUT2D eigenvalue weighted by atomic mass is 10.2. The van der Waals surface area contributed by atoms with Crippen molar-refractivity contribution in [3.8, 4) is 0 Å². The number of carboxylic acids is 1. The van der Waals surface area contributed by atoms with Crippen LogP contribution in [0.5, 0.6) is 0 Å². The summed E-state index contributed by atoms with van der Waals surface area (Å²) >= 11 is 1.74. The lowest BCUT2D eigenvalue weighted by Crippen LogP contribution is -1.96. The zero-order chi connectivity index (χ0) is 19.1. The van der Waals surface area contributed by atoms with Crippen LogP contribution in [0.1, 0.15) is 77.6 Å². The van der Waals surface area contributed by atoms with Gasteiger partial charge in [-0.1, -0.05) is 68.4 Å². The maximum Gasteiger partial charge on any atom is 0.304 e. The molecule has 0 aromatic rings. The van der Waals surface area contributed by atoms with E-state index >= 15 is 0 Å². The van der Waals surface area contributed by atoms with Crippen LogP contribution in [0, 0.1) is 0 Å². The lowest BCUT2D eigenvalue weighted by molar-refractivity contribution is -0.136. The normalized spacial score (nSPS) is 12.3. The van der Waals surface area contributed by atoms with E-state index in [0.717, 1.165) is 37.2 Å². The van der Waals surface area contributed by atoms with E-state index in [1.54, 1.807) is 11.8 Å². The molecule has 0 saturated carbocycles. The minimum atomic E-state index is -0.696. The Hall–Kier alpha value is -1.22. The third kappa shape index (κ3) is 22.8. The van der Waals surface area contributed by atoms with Crippen LogP contribution >= 0.6 is 11.8 Å². The third-order valence-electron chi connectivity index (χ3n) is 3.83. The van der Waals surface area contributed by atoms with Gasteiger partial charge in [0.05, 0.1) is 6.42 Å². The summed E-state index contributed by atoms with van der Waals surface area (Å²) in [6, 6.07) is 0. The average molecular weight is 379 g/mol. The van der Waals surface area contributed by atoms with Crippen molar-refractivity contribution >= 4 is 17.7 Å². The van der Waals surface area contributed by atoms with Crippen LogP contribution in [0.2, 0.25) is 0 Å². The van der Waals surface area contributed by atoms with Crippen LogP contribution in [0.4, 0.5) is 0 Å². The van der Waals surface area contributed by atoms with Gasteiger partial charge in [0, 0.05) is 5.75 Å². The summed E-state index contributed by atoms with van der Waals surface area (Å²) in [6.07, 6.45) is 30.0. The molecule has 0 aromatic heterocycles. The number of rotatable bonds is 18. The van der Waals surface area contributed by atoms with Crippen molar-refractivity contribution in [2.75, 3.05) is 11.5 Å². The second kappa shape index (κ2) is 21.8. The summed E-state index contributed by atoms with van der Waals surface area (Å²) in [5.74, 6) is 1.11. The van der Waals surface area contributed by atoms with E-state index in [4.69, 9.17) is 5.11 Å². The number of aliphatic carboxylic acids is 1. The number of carbonyl (C=O) groups is 1. The molecule has 0 spiro atoms. The lowest BCUT2D eigenvalue weighted by Gasteiger charge is -1.98. The van der Waals surface area contributed by atoms with Crippen LogP contribution in [0.25, 0.3) is 0 Å². The van der Waals surface area contributed by atoms with Crippen LogP contribution < -0.4 is 0 Å². The molecule has 0 bridgehead atoms. The van der Waals surface area contributed by atoms with E-state index in [0.29, 0.717) is 0 Å². The van der Waals surface area contributed by atoms with E-state index in [9.17, 15) is 4.79 Å². The zero-order valence-corrected chi connectivity index (χ0v) is 17.4. The largest absolute Gasteiger partial charge is 0.481 e. The van der Waals surface area contributed by atoms with Gasteiger partial charge in [-0.3, -0.25) is 4.79 Å². The second-order valence-corrected chi connectivity index (χ2v) is 7.57. The highest BCUT2D eigenvalue weighted by molar-refractivity contribution is 7.99. The first-order valence-corrected chi connectivity index (χ1v) is 11.3. The summed E-state index contributed by atoms with van der Waals surface area (Å²) in [5.41, 5.74) is 0. The number of hydrogen-bond acceptors (Lipinski definition) is 2. The number of allylic oxidation sites excluding steroid dienone is 8. The molecule has 0 aliphatic heterocycles. The molecule has 0 aliphatic rings. The fourth-order valence-corrected chi connectivity index (χ4v) is 3.22. The molecule has 0 fully saturated rings. The van der Waals surface area contributed by atoms with Gasteiger partial charge >= 0.3 is 5.97 Å². The van der Waals surface area contributed by atoms with Crippen molar-refractivity contribution in [3.63, 3.8) is 0 Å². The SMILES string of the molecule is CCCCC/C=C/C/C=C/C/C=C/C/C=C/CCCCSCCC(=O)O. The van der Waals surface area contributed by atoms with Gasteiger partial charge in [0.1, 0.15) is 0 Å². The van der Waals surface area contributed by atoms with E-state index in [-0.39, 0.29) is 6.42 Å². The Morgan fingerprint density at radius 1 is 0.731 bits per heavy atom. The van der Waals surface area contributed by atoms with Crippen LogP contribution in [0.15, 0.2) is 48.6 Å². The van der Waals surface area contributed by atoms with E-state index < -0.39 is 5.97 Å². The van der Waals surface area contributed by atoms with Crippen LogP contribution in [0.3, 0.4) is 0 Å². The van der Waals surface area contributed by atoms with Crippen LogP contribution in [-0.4, -0.2) is 22.6 Å². The van der Waals surface area contributed by atoms with Crippen molar-refractivity contribution in [2.45, 2.75) is 77.6 Å². The Morgan fingerprint density at radius 3 is 1.73 bits per heavy atom. The fraction of sp³-hybridized carbons (Fsp3) is 0.609. The first-order chi connectivity index (χ1) is 12.8. The van der Waals surface area contributed by atoms with Gasteiger partial charge in [-0.25, -0.2) is 0 Å². The fourth-order valence-electron chi connectivity index (χ4n) is 2.29. The van der Waals surface area contributed by atoms with Crippen LogP contribution in [-0.2, 0) is 4.79 Å². The smallest absolute Gasteiger partial charge is 0.304 e. The molecule has 0 radical (unpaired) electrons. The average Bonchev–Trinajstić information content (AvgIpc) is 2.62. The second-order valence-electron chi connectivity index (χ2n) is 6.34.